The summed E-state index contributed by atoms with van der Waals surface area (Å²) in [6.07, 6.45) is 0.605. The van der Waals surface area contributed by atoms with E-state index in [2.05, 4.69) is 48.5 Å². The molecule has 0 spiro atoms. The molecule has 0 aliphatic carbocycles. The molecule has 2 rings (SSSR count). The molecule has 1 fully saturated rings. The monoisotopic (exact) mass is 383 g/mol. The number of anilines is 1. The van der Waals surface area contributed by atoms with Crippen LogP contribution in [0.4, 0.5) is 5.82 Å². The van der Waals surface area contributed by atoms with Gasteiger partial charge < -0.3 is 5.73 Å². The van der Waals surface area contributed by atoms with E-state index in [1.807, 2.05) is 0 Å². The highest BCUT2D eigenvalue weighted by Gasteiger charge is 2.33. The first-order valence-corrected chi connectivity index (χ1v) is 8.76. The molecule has 7 heteroatoms. The normalized spacial score (nSPS) is 23.4. The van der Waals surface area contributed by atoms with Crippen molar-refractivity contribution in [1.82, 2.24) is 9.78 Å². The Balaban J connectivity index is 2.42. The quantitative estimate of drug-likeness (QED) is 0.750. The minimum atomic E-state index is -2.92. The molecule has 1 aliphatic heterocycles. The third kappa shape index (κ3) is 2.52. The molecular weight excluding hydrogens is 365 g/mol. The van der Waals surface area contributed by atoms with E-state index >= 15 is 0 Å². The topological polar surface area (TPSA) is 78.0 Å². The van der Waals surface area contributed by atoms with Gasteiger partial charge in [-0.3, -0.25) is 0 Å². The van der Waals surface area contributed by atoms with Gasteiger partial charge in [-0.2, -0.15) is 5.10 Å². The molecule has 0 amide bonds. The second-order valence-electron chi connectivity index (χ2n) is 5.80. The third-order valence-corrected chi connectivity index (χ3v) is 5.97. The van der Waals surface area contributed by atoms with E-state index in [-0.39, 0.29) is 23.0 Å². The Bertz CT molecular complexity index is 572. The van der Waals surface area contributed by atoms with Crippen molar-refractivity contribution < 1.29 is 8.42 Å². The van der Waals surface area contributed by atoms with Gasteiger partial charge in [0.2, 0.25) is 0 Å². The lowest BCUT2D eigenvalue weighted by Crippen LogP contribution is -2.17. The van der Waals surface area contributed by atoms with Crippen molar-refractivity contribution >= 4 is 38.2 Å². The Hall–Kier alpha value is -0.310. The molecule has 5 nitrogen and oxygen atoms in total. The fourth-order valence-corrected chi connectivity index (χ4v) is 5.01. The number of nitrogen functional groups attached to an aromatic ring is 1. The number of sulfone groups is 1. The van der Waals surface area contributed by atoms with Crippen molar-refractivity contribution in [1.29, 1.82) is 0 Å². The zero-order valence-corrected chi connectivity index (χ0v) is 13.7. The van der Waals surface area contributed by atoms with Gasteiger partial charge in [-0.25, -0.2) is 13.1 Å². The van der Waals surface area contributed by atoms with Crippen LogP contribution in [0.2, 0.25) is 0 Å². The van der Waals surface area contributed by atoms with E-state index in [9.17, 15) is 8.42 Å². The van der Waals surface area contributed by atoms with E-state index in [0.717, 1.165) is 9.26 Å². The van der Waals surface area contributed by atoms with Crippen LogP contribution in [0.1, 0.15) is 38.9 Å². The lowest BCUT2D eigenvalue weighted by Gasteiger charge is -2.15. The molecular formula is C11H18IN3O2S. The number of rotatable bonds is 1. The second-order valence-corrected chi connectivity index (χ2v) is 9.11. The standard InChI is InChI=1S/C11H18IN3O2S/c1-11(2,3)9-8(12)10(13)15(14-9)7-4-5-18(16,17)6-7/h7H,4-6,13H2,1-3H3. The first kappa shape index (κ1) is 14.1. The number of nitrogens with zero attached hydrogens (tertiary/aromatic N) is 2. The SMILES string of the molecule is CC(C)(C)c1nn(C2CCS(=O)(=O)C2)c(N)c1I. The summed E-state index contributed by atoms with van der Waals surface area (Å²) in [6.45, 7) is 6.23. The summed E-state index contributed by atoms with van der Waals surface area (Å²) < 4.78 is 25.7. The zero-order chi connectivity index (χ0) is 13.7. The Morgan fingerprint density at radius 1 is 1.44 bits per heavy atom. The minimum absolute atomic E-state index is 0.0899. The molecule has 18 heavy (non-hydrogen) atoms. The van der Waals surface area contributed by atoms with Crippen LogP contribution in [0.15, 0.2) is 0 Å². The largest absolute Gasteiger partial charge is 0.383 e. The summed E-state index contributed by atoms with van der Waals surface area (Å²) in [5.74, 6) is 0.972. The van der Waals surface area contributed by atoms with Gasteiger partial charge >= 0.3 is 0 Å². The van der Waals surface area contributed by atoms with Crippen LogP contribution in [-0.4, -0.2) is 29.7 Å². The van der Waals surface area contributed by atoms with Crippen LogP contribution in [-0.2, 0) is 15.3 Å². The maximum Gasteiger partial charge on any atom is 0.152 e. The van der Waals surface area contributed by atoms with Crippen LogP contribution in [0, 0.1) is 3.57 Å². The molecule has 102 valence electrons. The Morgan fingerprint density at radius 2 is 2.06 bits per heavy atom. The molecule has 1 aromatic rings. The van der Waals surface area contributed by atoms with E-state index in [1.165, 1.54) is 0 Å². The number of aromatic nitrogens is 2. The summed E-state index contributed by atoms with van der Waals surface area (Å²) in [5.41, 5.74) is 6.91. The van der Waals surface area contributed by atoms with Gasteiger partial charge in [0, 0.05) is 5.41 Å². The van der Waals surface area contributed by atoms with Crippen LogP contribution in [0.25, 0.3) is 0 Å². The maximum atomic E-state index is 11.5. The number of hydrogen-bond donors (Lipinski definition) is 1. The molecule has 0 radical (unpaired) electrons. The number of halogens is 1. The predicted octanol–water partition coefficient (Wildman–Crippen LogP) is 1.73. The van der Waals surface area contributed by atoms with Gasteiger partial charge in [0.1, 0.15) is 5.82 Å². The Kier molecular flexibility index (Phi) is 3.42. The van der Waals surface area contributed by atoms with Gasteiger partial charge in [0.05, 0.1) is 26.8 Å². The van der Waals surface area contributed by atoms with E-state index in [1.54, 1.807) is 4.68 Å². The van der Waals surface area contributed by atoms with Gasteiger partial charge in [-0.1, -0.05) is 20.8 Å². The lowest BCUT2D eigenvalue weighted by atomic mass is 9.92. The third-order valence-electron chi connectivity index (χ3n) is 3.15. The van der Waals surface area contributed by atoms with Crippen molar-refractivity contribution in [2.24, 2.45) is 0 Å². The van der Waals surface area contributed by atoms with Crippen molar-refractivity contribution in [3.63, 3.8) is 0 Å². The highest BCUT2D eigenvalue weighted by Crippen LogP contribution is 2.33. The first-order valence-electron chi connectivity index (χ1n) is 5.86. The zero-order valence-electron chi connectivity index (χ0n) is 10.8. The average Bonchev–Trinajstić information content (AvgIpc) is 2.69. The lowest BCUT2D eigenvalue weighted by molar-refractivity contribution is 0.479. The Morgan fingerprint density at radius 3 is 2.44 bits per heavy atom. The van der Waals surface area contributed by atoms with Crippen LogP contribution >= 0.6 is 22.6 Å². The summed E-state index contributed by atoms with van der Waals surface area (Å²) in [4.78, 5) is 0. The highest BCUT2D eigenvalue weighted by atomic mass is 127. The van der Waals surface area contributed by atoms with Crippen LogP contribution < -0.4 is 5.73 Å². The highest BCUT2D eigenvalue weighted by molar-refractivity contribution is 14.1. The van der Waals surface area contributed by atoms with Crippen molar-refractivity contribution in [2.75, 3.05) is 17.2 Å². The van der Waals surface area contributed by atoms with E-state index in [4.69, 9.17) is 5.73 Å². The van der Waals surface area contributed by atoms with Crippen LogP contribution in [0.3, 0.4) is 0 Å². The summed E-state index contributed by atoms with van der Waals surface area (Å²) >= 11 is 2.19. The molecule has 2 N–H and O–H groups in total. The first-order chi connectivity index (χ1) is 8.12. The molecule has 1 unspecified atom stereocenters. The summed E-state index contributed by atoms with van der Waals surface area (Å²) in [7, 11) is -2.92. The van der Waals surface area contributed by atoms with Crippen molar-refractivity contribution in [2.45, 2.75) is 38.6 Å². The molecule has 0 aromatic carbocycles. The number of hydrogen-bond acceptors (Lipinski definition) is 4. The fourth-order valence-electron chi connectivity index (χ4n) is 2.15. The fraction of sp³-hybridized carbons (Fsp3) is 0.727. The minimum Gasteiger partial charge on any atom is -0.383 e. The molecule has 1 aromatic heterocycles. The van der Waals surface area contributed by atoms with Crippen molar-refractivity contribution in [3.05, 3.63) is 9.26 Å². The van der Waals surface area contributed by atoms with Gasteiger partial charge in [0.15, 0.2) is 9.84 Å². The maximum absolute atomic E-state index is 11.5. The van der Waals surface area contributed by atoms with Gasteiger partial charge in [0.25, 0.3) is 0 Å². The smallest absolute Gasteiger partial charge is 0.152 e. The predicted molar refractivity (Wildman–Crippen MR) is 80.4 cm³/mol. The second kappa shape index (κ2) is 4.36. The molecule has 1 aliphatic rings. The number of nitrogens with two attached hydrogens (primary N) is 1. The van der Waals surface area contributed by atoms with Gasteiger partial charge in [-0.15, -0.1) is 0 Å². The average molecular weight is 383 g/mol. The molecule has 2 heterocycles. The molecule has 0 bridgehead atoms. The van der Waals surface area contributed by atoms with Crippen molar-refractivity contribution in [3.8, 4) is 0 Å². The van der Waals surface area contributed by atoms with E-state index < -0.39 is 9.84 Å². The molecule has 1 saturated heterocycles. The van der Waals surface area contributed by atoms with Gasteiger partial charge in [-0.05, 0) is 29.0 Å². The molecule has 1 atom stereocenters. The summed E-state index contributed by atoms with van der Waals surface area (Å²) in [6, 6.07) is -0.111. The summed E-state index contributed by atoms with van der Waals surface area (Å²) in [5, 5.41) is 4.55. The van der Waals surface area contributed by atoms with E-state index in [0.29, 0.717) is 12.2 Å². The molecule has 0 saturated carbocycles. The van der Waals surface area contributed by atoms with Crippen LogP contribution in [0.5, 0.6) is 0 Å². The Labute approximate surface area is 121 Å².